The lowest BCUT2D eigenvalue weighted by Gasteiger charge is -2.28. The molecule has 1 aliphatic heterocycles. The standard InChI is InChI=1S/C59H37F3N4/c60-59(61,62)43-27-23-36-21-22-41(31-42(36)32-43)58-63-56(50-29-24-37-11-4-5-16-46(37)57(50)64-58)40-12-10-15-45(33-40)66-52-19-8-6-17-47(52)49-28-25-39(35-55(49)66)38-26-30-54-51(34-38)48-18-7-9-20-53(48)65(54)44-13-2-1-3-14-44/h1-35,58,64H. The van der Waals surface area contributed by atoms with Gasteiger partial charge in [0, 0.05) is 49.4 Å². The number of para-hydroxylation sites is 3. The Morgan fingerprint density at radius 3 is 1.86 bits per heavy atom. The van der Waals surface area contributed by atoms with Crippen molar-refractivity contribution in [3.05, 3.63) is 235 Å². The van der Waals surface area contributed by atoms with Crippen LogP contribution in [-0.2, 0) is 6.18 Å². The topological polar surface area (TPSA) is 34.2 Å². The van der Waals surface area contributed by atoms with Gasteiger partial charge in [0.25, 0.3) is 0 Å². The predicted octanol–water partition coefficient (Wildman–Crippen LogP) is 15.8. The molecule has 0 amide bonds. The normalized spacial score (nSPS) is 14.0. The average molecular weight is 859 g/mol. The second-order valence-electron chi connectivity index (χ2n) is 17.1. The highest BCUT2D eigenvalue weighted by atomic mass is 19.4. The molecule has 12 aromatic rings. The van der Waals surface area contributed by atoms with Crippen LogP contribution in [0.3, 0.4) is 0 Å². The van der Waals surface area contributed by atoms with Crippen molar-refractivity contribution in [3.63, 3.8) is 0 Å². The van der Waals surface area contributed by atoms with Crippen molar-refractivity contribution in [2.24, 2.45) is 4.99 Å². The summed E-state index contributed by atoms with van der Waals surface area (Å²) in [4.78, 5) is 5.39. The first-order chi connectivity index (χ1) is 32.3. The van der Waals surface area contributed by atoms with E-state index in [0.29, 0.717) is 5.39 Å². The molecule has 0 fully saturated rings. The van der Waals surface area contributed by atoms with Crippen LogP contribution in [0, 0.1) is 0 Å². The van der Waals surface area contributed by atoms with Gasteiger partial charge in [-0.25, -0.2) is 0 Å². The van der Waals surface area contributed by atoms with Crippen LogP contribution >= 0.6 is 0 Å². The highest BCUT2D eigenvalue weighted by Crippen LogP contribution is 2.41. The van der Waals surface area contributed by atoms with Crippen molar-refractivity contribution in [2.75, 3.05) is 5.32 Å². The van der Waals surface area contributed by atoms with Gasteiger partial charge in [0.1, 0.15) is 6.17 Å². The molecule has 4 nitrogen and oxygen atoms in total. The molecule has 0 saturated heterocycles. The maximum absolute atomic E-state index is 13.8. The molecule has 0 aliphatic carbocycles. The van der Waals surface area contributed by atoms with Crippen LogP contribution in [-0.4, -0.2) is 14.8 Å². The number of aliphatic imine (C=N–C) groups is 1. The quantitative estimate of drug-likeness (QED) is 0.184. The monoisotopic (exact) mass is 858 g/mol. The van der Waals surface area contributed by atoms with E-state index in [1.165, 1.54) is 28.4 Å². The van der Waals surface area contributed by atoms with Crippen molar-refractivity contribution < 1.29 is 13.2 Å². The van der Waals surface area contributed by atoms with Gasteiger partial charge >= 0.3 is 6.18 Å². The van der Waals surface area contributed by atoms with Crippen molar-refractivity contribution in [3.8, 4) is 22.5 Å². The summed E-state index contributed by atoms with van der Waals surface area (Å²) >= 11 is 0. The lowest BCUT2D eigenvalue weighted by molar-refractivity contribution is -0.137. The Morgan fingerprint density at radius 1 is 0.409 bits per heavy atom. The first kappa shape index (κ1) is 38.1. The van der Waals surface area contributed by atoms with Crippen LogP contribution in [0.4, 0.5) is 18.9 Å². The third-order valence-electron chi connectivity index (χ3n) is 13.3. The third-order valence-corrected chi connectivity index (χ3v) is 13.3. The fraction of sp³-hybridized carbons (Fsp3) is 0.0339. The van der Waals surface area contributed by atoms with Gasteiger partial charge in [-0.15, -0.1) is 0 Å². The number of hydrogen-bond acceptors (Lipinski definition) is 2. The van der Waals surface area contributed by atoms with Crippen LogP contribution < -0.4 is 5.32 Å². The number of aromatic nitrogens is 2. The van der Waals surface area contributed by atoms with Crippen molar-refractivity contribution in [1.29, 1.82) is 0 Å². The number of nitrogens with one attached hydrogen (secondary N) is 1. The molecule has 1 atom stereocenters. The molecule has 10 aromatic carbocycles. The van der Waals surface area contributed by atoms with Gasteiger partial charge in [0.05, 0.1) is 39.0 Å². The minimum Gasteiger partial charge on any atom is -0.359 e. The van der Waals surface area contributed by atoms with Gasteiger partial charge in [-0.1, -0.05) is 140 Å². The Bertz CT molecular complexity index is 3970. The Hall–Kier alpha value is -8.42. The molecule has 7 heteroatoms. The van der Waals surface area contributed by atoms with E-state index in [1.54, 1.807) is 0 Å². The maximum atomic E-state index is 13.8. The van der Waals surface area contributed by atoms with Crippen molar-refractivity contribution in [2.45, 2.75) is 12.3 Å². The maximum Gasteiger partial charge on any atom is 0.416 e. The molecular formula is C59H37F3N4. The molecule has 1 aliphatic rings. The fourth-order valence-corrected chi connectivity index (χ4v) is 10.2. The van der Waals surface area contributed by atoms with E-state index in [-0.39, 0.29) is 0 Å². The minimum atomic E-state index is -4.45. The second-order valence-corrected chi connectivity index (χ2v) is 17.1. The summed E-state index contributed by atoms with van der Waals surface area (Å²) in [5.41, 5.74) is 12.6. The van der Waals surface area contributed by atoms with E-state index < -0.39 is 17.9 Å². The van der Waals surface area contributed by atoms with Crippen LogP contribution in [0.5, 0.6) is 0 Å². The Kier molecular flexibility index (Phi) is 8.40. The first-order valence-electron chi connectivity index (χ1n) is 22.0. The predicted molar refractivity (Wildman–Crippen MR) is 265 cm³/mol. The van der Waals surface area contributed by atoms with E-state index >= 15 is 0 Å². The number of nitrogens with zero attached hydrogens (tertiary/aromatic N) is 3. The lowest BCUT2D eigenvalue weighted by Crippen LogP contribution is -2.21. The molecule has 66 heavy (non-hydrogen) atoms. The lowest BCUT2D eigenvalue weighted by atomic mass is 9.93. The zero-order chi connectivity index (χ0) is 44.1. The van der Waals surface area contributed by atoms with E-state index in [1.807, 2.05) is 30.3 Å². The van der Waals surface area contributed by atoms with Gasteiger partial charge in [-0.3, -0.25) is 4.99 Å². The minimum absolute atomic E-state index is 0.510. The number of alkyl halides is 3. The Labute approximate surface area is 377 Å². The highest BCUT2D eigenvalue weighted by molar-refractivity contribution is 6.21. The van der Waals surface area contributed by atoms with Gasteiger partial charge in [0.2, 0.25) is 0 Å². The zero-order valence-corrected chi connectivity index (χ0v) is 35.3. The molecule has 0 spiro atoms. The van der Waals surface area contributed by atoms with Crippen LogP contribution in [0.2, 0.25) is 0 Å². The number of fused-ring (bicyclic) bond motifs is 10. The first-order valence-corrected chi connectivity index (χ1v) is 22.0. The van der Waals surface area contributed by atoms with Crippen LogP contribution in [0.25, 0.3) is 87.7 Å². The summed E-state index contributed by atoms with van der Waals surface area (Å²) in [6, 6.07) is 71.8. The van der Waals surface area contributed by atoms with E-state index in [9.17, 15) is 13.2 Å². The molecular weight excluding hydrogens is 822 g/mol. The molecule has 314 valence electrons. The number of halogens is 3. The molecule has 0 radical (unpaired) electrons. The molecule has 1 N–H and O–H groups in total. The summed E-state index contributed by atoms with van der Waals surface area (Å²) in [6.07, 6.45) is -5.00. The third kappa shape index (κ3) is 6.04. The largest absolute Gasteiger partial charge is 0.416 e. The summed E-state index contributed by atoms with van der Waals surface area (Å²) in [6.45, 7) is 0. The average Bonchev–Trinajstić information content (AvgIpc) is 3.88. The van der Waals surface area contributed by atoms with Gasteiger partial charge in [-0.05, 0) is 106 Å². The van der Waals surface area contributed by atoms with Crippen molar-refractivity contribution in [1.82, 2.24) is 9.13 Å². The zero-order valence-electron chi connectivity index (χ0n) is 35.3. The van der Waals surface area contributed by atoms with E-state index in [4.69, 9.17) is 4.99 Å². The Balaban J connectivity index is 0.966. The summed E-state index contributed by atoms with van der Waals surface area (Å²) in [5, 5.41) is 11.8. The molecule has 0 saturated carbocycles. The fourth-order valence-electron chi connectivity index (χ4n) is 10.2. The smallest absolute Gasteiger partial charge is 0.359 e. The summed E-state index contributed by atoms with van der Waals surface area (Å²) in [5.74, 6) is 0. The Morgan fingerprint density at radius 2 is 1.05 bits per heavy atom. The van der Waals surface area contributed by atoms with E-state index in [2.05, 4.69) is 178 Å². The molecule has 0 bridgehead atoms. The highest BCUT2D eigenvalue weighted by Gasteiger charge is 2.31. The number of anilines is 1. The molecule has 3 heterocycles. The molecule has 1 unspecified atom stereocenters. The van der Waals surface area contributed by atoms with Crippen molar-refractivity contribution >= 4 is 76.6 Å². The van der Waals surface area contributed by atoms with E-state index in [0.717, 1.165) is 100 Å². The second kappa shape index (κ2) is 14.6. The number of rotatable bonds is 5. The van der Waals surface area contributed by atoms with Crippen LogP contribution in [0.15, 0.2) is 217 Å². The van der Waals surface area contributed by atoms with Crippen LogP contribution in [0.1, 0.15) is 28.4 Å². The molecule has 2 aromatic heterocycles. The van der Waals surface area contributed by atoms with Gasteiger partial charge < -0.3 is 14.5 Å². The number of benzene rings is 10. The SMILES string of the molecule is FC(F)(F)c1ccc2ccc(C3N=C(c4cccc(-n5c6ccccc6c6ccc(-c7ccc8c(c7)c7ccccc7n8-c7ccccc7)cc65)c4)c4ccc5ccccc5c4N3)cc2c1. The summed E-state index contributed by atoms with van der Waals surface area (Å²) in [7, 11) is 0. The van der Waals surface area contributed by atoms with Gasteiger partial charge in [-0.2, -0.15) is 13.2 Å². The van der Waals surface area contributed by atoms with Gasteiger partial charge in [0.15, 0.2) is 0 Å². The summed E-state index contributed by atoms with van der Waals surface area (Å²) < 4.78 is 46.2. The molecule has 13 rings (SSSR count). The number of hydrogen-bond donors (Lipinski definition) is 1.